The lowest BCUT2D eigenvalue weighted by atomic mass is 9.94. The minimum Gasteiger partial charge on any atom is -0.340 e. The van der Waals surface area contributed by atoms with Crippen molar-refractivity contribution in [1.82, 2.24) is 10.8 Å². The molecule has 8 heteroatoms. The van der Waals surface area contributed by atoms with Gasteiger partial charge in [-0.1, -0.05) is 32.9 Å². The summed E-state index contributed by atoms with van der Waals surface area (Å²) in [7, 11) is 0. The number of amides is 2. The second-order valence-electron chi connectivity index (χ2n) is 5.76. The Labute approximate surface area is 125 Å². The Hall–Kier alpha value is -2.09. The zero-order valence-corrected chi connectivity index (χ0v) is 12.3. The molecule has 0 heterocycles. The first kappa shape index (κ1) is 18.0. The van der Waals surface area contributed by atoms with E-state index in [1.54, 1.807) is 0 Å². The van der Waals surface area contributed by atoms with Crippen LogP contribution in [-0.2, 0) is 4.79 Å². The van der Waals surface area contributed by atoms with Crippen molar-refractivity contribution in [2.24, 2.45) is 5.41 Å². The molecule has 0 radical (unpaired) electrons. The molecule has 0 saturated carbocycles. The summed E-state index contributed by atoms with van der Waals surface area (Å²) in [5.74, 6) is -1.58. The smallest absolute Gasteiger partial charge is 0.340 e. The van der Waals surface area contributed by atoms with Gasteiger partial charge in [0.05, 0.1) is 0 Å². The van der Waals surface area contributed by atoms with Gasteiger partial charge < -0.3 is 5.32 Å². The van der Waals surface area contributed by atoms with Gasteiger partial charge in [0.1, 0.15) is 0 Å². The number of hydrogen-bond donors (Lipinski definition) is 3. The molecule has 0 aliphatic rings. The third-order valence-corrected chi connectivity index (χ3v) is 2.89. The van der Waals surface area contributed by atoms with Crippen molar-refractivity contribution >= 4 is 11.8 Å². The van der Waals surface area contributed by atoms with Crippen molar-refractivity contribution in [3.8, 4) is 0 Å². The van der Waals surface area contributed by atoms with E-state index in [1.807, 2.05) is 5.32 Å². The first-order chi connectivity index (χ1) is 9.96. The monoisotopic (exact) mass is 318 g/mol. The predicted molar refractivity (Wildman–Crippen MR) is 72.1 cm³/mol. The quantitative estimate of drug-likeness (QED) is 0.592. The summed E-state index contributed by atoms with van der Waals surface area (Å²) < 4.78 is 39.4. The fourth-order valence-corrected chi connectivity index (χ4v) is 1.59. The van der Waals surface area contributed by atoms with Crippen LogP contribution in [0.4, 0.5) is 13.2 Å². The number of rotatable bonds is 3. The molecule has 0 aliphatic heterocycles. The maximum atomic E-state index is 13.1. The van der Waals surface area contributed by atoms with E-state index in [0.29, 0.717) is 0 Å². The minimum atomic E-state index is -4.68. The van der Waals surface area contributed by atoms with Gasteiger partial charge in [-0.15, -0.1) is 0 Å². The van der Waals surface area contributed by atoms with Crippen LogP contribution in [-0.4, -0.2) is 23.2 Å². The predicted octanol–water partition coefficient (Wildman–Crippen LogP) is 2.57. The second kappa shape index (κ2) is 6.35. The van der Waals surface area contributed by atoms with E-state index in [4.69, 9.17) is 5.21 Å². The Balaban J connectivity index is 3.08. The highest BCUT2D eigenvalue weighted by atomic mass is 19.4. The van der Waals surface area contributed by atoms with Crippen molar-refractivity contribution < 1.29 is 28.0 Å². The first-order valence-corrected chi connectivity index (χ1v) is 6.39. The second-order valence-corrected chi connectivity index (χ2v) is 5.76. The summed E-state index contributed by atoms with van der Waals surface area (Å²) in [6.45, 7) is 4.51. The van der Waals surface area contributed by atoms with Crippen LogP contribution >= 0.6 is 0 Å². The summed E-state index contributed by atoms with van der Waals surface area (Å²) in [5, 5.41) is 10.4. The Morgan fingerprint density at radius 1 is 1.09 bits per heavy atom. The van der Waals surface area contributed by atoms with E-state index in [2.05, 4.69) is 0 Å². The van der Waals surface area contributed by atoms with E-state index in [-0.39, 0.29) is 11.1 Å². The molecule has 1 aromatic rings. The van der Waals surface area contributed by atoms with Crippen LogP contribution < -0.4 is 10.8 Å². The summed E-state index contributed by atoms with van der Waals surface area (Å²) in [5.41, 5.74) is 0.195. The molecule has 2 amide bonds. The van der Waals surface area contributed by atoms with Gasteiger partial charge in [0, 0.05) is 11.0 Å². The lowest BCUT2D eigenvalue weighted by Crippen LogP contribution is -2.43. The fraction of sp³-hybridized carbons (Fsp3) is 0.429. The minimum absolute atomic E-state index is 0.00526. The maximum absolute atomic E-state index is 13.1. The van der Waals surface area contributed by atoms with Crippen molar-refractivity contribution in [2.45, 2.75) is 33.0 Å². The van der Waals surface area contributed by atoms with E-state index < -0.39 is 29.4 Å². The normalized spacial score (nSPS) is 13.4. The van der Waals surface area contributed by atoms with Crippen LogP contribution in [0.3, 0.4) is 0 Å². The van der Waals surface area contributed by atoms with Crippen LogP contribution in [0.2, 0.25) is 0 Å². The van der Waals surface area contributed by atoms with E-state index in [9.17, 15) is 22.8 Å². The number of hydrogen-bond acceptors (Lipinski definition) is 3. The Bertz CT molecular complexity index is 548. The third kappa shape index (κ3) is 4.45. The fourth-order valence-electron chi connectivity index (χ4n) is 1.59. The number of hydroxylamine groups is 1. The molecular weight excluding hydrogens is 301 g/mol. The van der Waals surface area contributed by atoms with Crippen molar-refractivity contribution in [1.29, 1.82) is 0 Å². The van der Waals surface area contributed by atoms with Crippen LogP contribution in [0.5, 0.6) is 0 Å². The van der Waals surface area contributed by atoms with Crippen molar-refractivity contribution in [3.63, 3.8) is 0 Å². The highest BCUT2D eigenvalue weighted by Crippen LogP contribution is 2.33. The van der Waals surface area contributed by atoms with Crippen molar-refractivity contribution in [2.75, 3.05) is 0 Å². The van der Waals surface area contributed by atoms with Gasteiger partial charge in [0.2, 0.25) is 5.91 Å². The molecule has 1 rings (SSSR count). The number of carbonyl (C=O) groups excluding carboxylic acids is 2. The van der Waals surface area contributed by atoms with Crippen LogP contribution in [0.15, 0.2) is 24.3 Å². The molecular formula is C14H17F3N2O3. The lowest BCUT2D eigenvalue weighted by Gasteiger charge is -2.26. The molecule has 0 saturated heterocycles. The van der Waals surface area contributed by atoms with E-state index in [1.165, 1.54) is 26.3 Å². The summed E-state index contributed by atoms with van der Waals surface area (Å²) >= 11 is 0. The molecule has 1 atom stereocenters. The molecule has 0 aromatic heterocycles. The average Bonchev–Trinajstić information content (AvgIpc) is 2.41. The molecule has 122 valence electrons. The van der Waals surface area contributed by atoms with Crippen LogP contribution in [0.25, 0.3) is 0 Å². The van der Waals surface area contributed by atoms with Gasteiger partial charge in [-0.3, -0.25) is 14.8 Å². The number of benzene rings is 1. The molecule has 3 N–H and O–H groups in total. The van der Waals surface area contributed by atoms with E-state index >= 15 is 0 Å². The summed E-state index contributed by atoms with van der Waals surface area (Å²) in [6.07, 6.45) is -4.68. The maximum Gasteiger partial charge on any atom is 0.412 e. The lowest BCUT2D eigenvalue weighted by molar-refractivity contribution is -0.165. The molecule has 1 unspecified atom stereocenters. The van der Waals surface area contributed by atoms with Gasteiger partial charge in [0.15, 0.2) is 6.04 Å². The zero-order chi connectivity index (χ0) is 17.1. The molecule has 0 spiro atoms. The molecule has 22 heavy (non-hydrogen) atoms. The van der Waals surface area contributed by atoms with Gasteiger partial charge in [0.25, 0.3) is 5.91 Å². The molecule has 0 aliphatic carbocycles. The number of nitrogens with one attached hydrogen (secondary N) is 2. The van der Waals surface area contributed by atoms with Gasteiger partial charge >= 0.3 is 6.18 Å². The van der Waals surface area contributed by atoms with Crippen LogP contribution in [0, 0.1) is 5.41 Å². The SMILES string of the molecule is CC(C)(C)C(=O)NC(c1ccc(C(=O)NO)cc1)C(F)(F)F. The molecule has 0 bridgehead atoms. The molecule has 1 aromatic carbocycles. The highest BCUT2D eigenvalue weighted by molar-refractivity contribution is 5.93. The zero-order valence-electron chi connectivity index (χ0n) is 12.3. The summed E-state index contributed by atoms with van der Waals surface area (Å²) in [6, 6.07) is 2.23. The Kier molecular flexibility index (Phi) is 5.18. The van der Waals surface area contributed by atoms with Gasteiger partial charge in [-0.2, -0.15) is 13.2 Å². The average molecular weight is 318 g/mol. The highest BCUT2D eigenvalue weighted by Gasteiger charge is 2.43. The summed E-state index contributed by atoms with van der Waals surface area (Å²) in [4.78, 5) is 23.0. The number of carbonyl (C=O) groups is 2. The standard InChI is InChI=1S/C14H17F3N2O3/c1-13(2,3)12(21)18-10(14(15,16)17)8-4-6-9(7-5-8)11(20)19-22/h4-7,10,22H,1-3H3,(H,18,21)(H,19,20). The number of halogens is 3. The van der Waals surface area contributed by atoms with Crippen LogP contribution in [0.1, 0.15) is 42.7 Å². The van der Waals surface area contributed by atoms with E-state index in [0.717, 1.165) is 24.3 Å². The Morgan fingerprint density at radius 3 is 1.95 bits per heavy atom. The third-order valence-electron chi connectivity index (χ3n) is 2.89. The molecule has 5 nitrogen and oxygen atoms in total. The van der Waals surface area contributed by atoms with Crippen molar-refractivity contribution in [3.05, 3.63) is 35.4 Å². The number of alkyl halides is 3. The topological polar surface area (TPSA) is 78.4 Å². The first-order valence-electron chi connectivity index (χ1n) is 6.39. The molecule has 0 fully saturated rings. The van der Waals surface area contributed by atoms with Gasteiger partial charge in [-0.25, -0.2) is 5.48 Å². The largest absolute Gasteiger partial charge is 0.412 e. The van der Waals surface area contributed by atoms with Gasteiger partial charge in [-0.05, 0) is 17.7 Å². The Morgan fingerprint density at radius 2 is 1.59 bits per heavy atom.